The molecule has 0 aromatic heterocycles. The summed E-state index contributed by atoms with van der Waals surface area (Å²) in [5.41, 5.74) is 2.95. The second-order valence-corrected chi connectivity index (χ2v) is 7.98. The minimum absolute atomic E-state index is 1.02. The van der Waals surface area contributed by atoms with Crippen LogP contribution in [0.4, 0.5) is 0 Å². The zero-order valence-corrected chi connectivity index (χ0v) is 14.5. The molecule has 22 heavy (non-hydrogen) atoms. The van der Waals surface area contributed by atoms with Crippen molar-refractivity contribution in [1.82, 2.24) is 0 Å². The Morgan fingerprint density at radius 2 is 1.27 bits per heavy atom. The fraction of sp³-hybridized carbons (Fsp3) is 0.727. The Bertz CT molecular complexity index is 400. The van der Waals surface area contributed by atoms with Crippen LogP contribution in [0.25, 0.3) is 0 Å². The van der Waals surface area contributed by atoms with E-state index in [2.05, 4.69) is 31.2 Å². The molecule has 0 saturated heterocycles. The van der Waals surface area contributed by atoms with Crippen LogP contribution in [0.15, 0.2) is 24.3 Å². The van der Waals surface area contributed by atoms with Crippen molar-refractivity contribution in [3.05, 3.63) is 35.4 Å². The molecule has 0 N–H and O–H groups in total. The molecular weight excluding hydrogens is 264 g/mol. The van der Waals surface area contributed by atoms with Crippen LogP contribution < -0.4 is 0 Å². The predicted octanol–water partition coefficient (Wildman–Crippen LogP) is 6.70. The fourth-order valence-electron chi connectivity index (χ4n) is 5.07. The highest BCUT2D eigenvalue weighted by atomic mass is 14.4. The zero-order chi connectivity index (χ0) is 15.2. The van der Waals surface area contributed by atoms with Gasteiger partial charge in [0.05, 0.1) is 0 Å². The lowest BCUT2D eigenvalue weighted by Gasteiger charge is -2.38. The molecule has 0 aliphatic heterocycles. The van der Waals surface area contributed by atoms with Gasteiger partial charge in [0, 0.05) is 0 Å². The molecular formula is C22H34. The van der Waals surface area contributed by atoms with Crippen molar-refractivity contribution in [3.8, 4) is 0 Å². The van der Waals surface area contributed by atoms with E-state index in [1.165, 1.54) is 82.6 Å². The van der Waals surface area contributed by atoms with Crippen LogP contribution in [0.2, 0.25) is 0 Å². The molecule has 2 aliphatic rings. The summed E-state index contributed by atoms with van der Waals surface area (Å²) in [6.45, 7) is 2.19. The third-order valence-corrected chi connectivity index (χ3v) is 6.40. The van der Waals surface area contributed by atoms with Gasteiger partial charge in [-0.1, -0.05) is 94.0 Å². The van der Waals surface area contributed by atoms with Crippen molar-refractivity contribution in [2.24, 2.45) is 17.8 Å². The van der Waals surface area contributed by atoms with Gasteiger partial charge in [0.25, 0.3) is 0 Å². The molecule has 122 valence electrons. The van der Waals surface area contributed by atoms with Crippen molar-refractivity contribution in [1.29, 1.82) is 0 Å². The molecule has 1 aromatic rings. The number of hydrogen-bond donors (Lipinski definition) is 0. The maximum atomic E-state index is 2.36. The first kappa shape index (κ1) is 16.1. The number of hydrogen-bond acceptors (Lipinski definition) is 0. The Kier molecular flexibility index (Phi) is 5.98. The van der Waals surface area contributed by atoms with Gasteiger partial charge in [0.2, 0.25) is 0 Å². The third kappa shape index (κ3) is 4.37. The van der Waals surface area contributed by atoms with Crippen LogP contribution in [-0.2, 0) is 6.42 Å². The quantitative estimate of drug-likeness (QED) is 0.567. The number of aryl methyl sites for hydroxylation is 2. The molecule has 0 nitrogen and oxygen atoms in total. The average Bonchev–Trinajstić information content (AvgIpc) is 2.59. The lowest BCUT2D eigenvalue weighted by atomic mass is 9.68. The molecule has 0 spiro atoms. The molecule has 0 amide bonds. The smallest absolute Gasteiger partial charge is 0.0276 e. The maximum Gasteiger partial charge on any atom is -0.0276 e. The summed E-state index contributed by atoms with van der Waals surface area (Å²) in [6.07, 6.45) is 17.8. The monoisotopic (exact) mass is 298 g/mol. The van der Waals surface area contributed by atoms with E-state index < -0.39 is 0 Å². The third-order valence-electron chi connectivity index (χ3n) is 6.40. The van der Waals surface area contributed by atoms with Crippen LogP contribution in [-0.4, -0.2) is 0 Å². The molecule has 0 heterocycles. The number of benzene rings is 1. The molecule has 0 radical (unpaired) electrons. The van der Waals surface area contributed by atoms with Gasteiger partial charge in [-0.15, -0.1) is 0 Å². The van der Waals surface area contributed by atoms with Gasteiger partial charge < -0.3 is 0 Å². The van der Waals surface area contributed by atoms with E-state index in [1.807, 2.05) is 0 Å². The van der Waals surface area contributed by atoms with E-state index in [0.717, 1.165) is 17.8 Å². The second-order valence-electron chi connectivity index (χ2n) is 7.98. The SMILES string of the molecule is Cc1ccc(CCC(C2CCCCC2)C2CCCCC2)cc1. The molecule has 0 heteroatoms. The van der Waals surface area contributed by atoms with Gasteiger partial charge in [-0.05, 0) is 43.1 Å². The first-order valence-electron chi connectivity index (χ1n) is 9.88. The van der Waals surface area contributed by atoms with Crippen LogP contribution >= 0.6 is 0 Å². The standard InChI is InChI=1S/C22H34/c1-18-12-14-19(15-13-18)16-17-22(20-8-4-2-5-9-20)21-10-6-3-7-11-21/h12-15,20-22H,2-11,16-17H2,1H3. The van der Waals surface area contributed by atoms with Crippen LogP contribution in [0.3, 0.4) is 0 Å². The van der Waals surface area contributed by atoms with Crippen molar-refractivity contribution in [3.63, 3.8) is 0 Å². The van der Waals surface area contributed by atoms with Crippen molar-refractivity contribution in [2.75, 3.05) is 0 Å². The number of rotatable bonds is 5. The molecule has 0 unspecified atom stereocenters. The molecule has 3 rings (SSSR count). The van der Waals surface area contributed by atoms with E-state index in [9.17, 15) is 0 Å². The topological polar surface area (TPSA) is 0 Å². The lowest BCUT2D eigenvalue weighted by Crippen LogP contribution is -2.27. The van der Waals surface area contributed by atoms with E-state index >= 15 is 0 Å². The van der Waals surface area contributed by atoms with Crippen LogP contribution in [0.5, 0.6) is 0 Å². The van der Waals surface area contributed by atoms with Gasteiger partial charge in [0.15, 0.2) is 0 Å². The zero-order valence-electron chi connectivity index (χ0n) is 14.5. The normalized spacial score (nSPS) is 21.4. The Morgan fingerprint density at radius 1 is 0.773 bits per heavy atom. The summed E-state index contributed by atoms with van der Waals surface area (Å²) < 4.78 is 0. The van der Waals surface area contributed by atoms with Crippen molar-refractivity contribution >= 4 is 0 Å². The lowest BCUT2D eigenvalue weighted by molar-refractivity contribution is 0.135. The highest BCUT2D eigenvalue weighted by molar-refractivity contribution is 5.21. The molecule has 1 aromatic carbocycles. The molecule has 2 aliphatic carbocycles. The summed E-state index contributed by atoms with van der Waals surface area (Å²) in [4.78, 5) is 0. The summed E-state index contributed by atoms with van der Waals surface area (Å²) in [7, 11) is 0. The summed E-state index contributed by atoms with van der Waals surface area (Å²) in [5.74, 6) is 3.10. The summed E-state index contributed by atoms with van der Waals surface area (Å²) in [6, 6.07) is 9.28. The van der Waals surface area contributed by atoms with E-state index in [4.69, 9.17) is 0 Å². The highest BCUT2D eigenvalue weighted by Crippen LogP contribution is 2.42. The molecule has 2 saturated carbocycles. The summed E-state index contributed by atoms with van der Waals surface area (Å²) >= 11 is 0. The first-order chi connectivity index (χ1) is 10.8. The van der Waals surface area contributed by atoms with Crippen LogP contribution in [0.1, 0.15) is 81.8 Å². The van der Waals surface area contributed by atoms with E-state index in [-0.39, 0.29) is 0 Å². The maximum absolute atomic E-state index is 2.36. The highest BCUT2D eigenvalue weighted by Gasteiger charge is 2.30. The molecule has 0 bridgehead atoms. The Balaban J connectivity index is 1.62. The average molecular weight is 299 g/mol. The van der Waals surface area contributed by atoms with Crippen molar-refractivity contribution in [2.45, 2.75) is 84.0 Å². The predicted molar refractivity (Wildman–Crippen MR) is 96.1 cm³/mol. The largest absolute Gasteiger partial charge is 0.0591 e. The van der Waals surface area contributed by atoms with E-state index in [1.54, 1.807) is 5.56 Å². The fourth-order valence-corrected chi connectivity index (χ4v) is 5.07. The van der Waals surface area contributed by atoms with Gasteiger partial charge in [-0.2, -0.15) is 0 Å². The Hall–Kier alpha value is -0.780. The van der Waals surface area contributed by atoms with Gasteiger partial charge in [0.1, 0.15) is 0 Å². The van der Waals surface area contributed by atoms with Gasteiger partial charge in [-0.25, -0.2) is 0 Å². The second kappa shape index (κ2) is 8.18. The summed E-state index contributed by atoms with van der Waals surface area (Å²) in [5, 5.41) is 0. The van der Waals surface area contributed by atoms with Crippen molar-refractivity contribution < 1.29 is 0 Å². The first-order valence-corrected chi connectivity index (χ1v) is 9.88. The van der Waals surface area contributed by atoms with Gasteiger partial charge >= 0.3 is 0 Å². The van der Waals surface area contributed by atoms with Gasteiger partial charge in [-0.3, -0.25) is 0 Å². The Morgan fingerprint density at radius 3 is 1.77 bits per heavy atom. The minimum atomic E-state index is 1.02. The van der Waals surface area contributed by atoms with Crippen LogP contribution in [0, 0.1) is 24.7 Å². The molecule has 0 atom stereocenters. The van der Waals surface area contributed by atoms with E-state index in [0.29, 0.717) is 0 Å². The minimum Gasteiger partial charge on any atom is -0.0591 e. The molecule has 2 fully saturated rings. The Labute approximate surface area is 137 Å².